The molecule has 1 aliphatic rings. The molecule has 0 bridgehead atoms. The molecule has 3 N–H and O–H groups in total. The third-order valence-corrected chi connectivity index (χ3v) is 2.94. The quantitative estimate of drug-likeness (QED) is 0.661. The van der Waals surface area contributed by atoms with Gasteiger partial charge in [-0.05, 0) is 26.7 Å². The molecular formula is C9H17NO3. The topological polar surface area (TPSA) is 72.5 Å². The molecule has 0 spiro atoms. The Morgan fingerprint density at radius 2 is 2.23 bits per heavy atom. The first kappa shape index (κ1) is 10.5. The van der Waals surface area contributed by atoms with Crippen LogP contribution < -0.4 is 5.73 Å². The Balaban J connectivity index is 2.60. The fraction of sp³-hybridized carbons (Fsp3) is 0.889. The Bertz CT molecular complexity index is 201. The van der Waals surface area contributed by atoms with E-state index in [1.165, 1.54) is 0 Å². The summed E-state index contributed by atoms with van der Waals surface area (Å²) < 4.78 is 5.40. The van der Waals surface area contributed by atoms with E-state index in [9.17, 15) is 4.79 Å². The summed E-state index contributed by atoms with van der Waals surface area (Å²) in [7, 11) is 0. The van der Waals surface area contributed by atoms with Gasteiger partial charge in [0.25, 0.3) is 0 Å². The minimum Gasteiger partial charge on any atom is -0.480 e. The lowest BCUT2D eigenvalue weighted by Crippen LogP contribution is -2.45. The molecule has 1 fully saturated rings. The Morgan fingerprint density at radius 3 is 2.54 bits per heavy atom. The first-order valence-corrected chi connectivity index (χ1v) is 4.64. The van der Waals surface area contributed by atoms with Crippen molar-refractivity contribution in [3.05, 3.63) is 0 Å². The number of nitrogens with two attached hydrogens (primary N) is 1. The van der Waals surface area contributed by atoms with Crippen LogP contribution in [0.15, 0.2) is 0 Å². The van der Waals surface area contributed by atoms with Gasteiger partial charge >= 0.3 is 5.97 Å². The van der Waals surface area contributed by atoms with Gasteiger partial charge in [-0.2, -0.15) is 0 Å². The van der Waals surface area contributed by atoms with Gasteiger partial charge in [0.05, 0.1) is 6.10 Å². The van der Waals surface area contributed by atoms with Crippen molar-refractivity contribution in [2.45, 2.75) is 38.8 Å². The molecule has 0 radical (unpaired) electrons. The average molecular weight is 187 g/mol. The maximum absolute atomic E-state index is 10.7. The molecule has 1 rings (SSSR count). The molecule has 76 valence electrons. The van der Waals surface area contributed by atoms with Crippen LogP contribution in [0.5, 0.6) is 0 Å². The number of carboxylic acid groups (broad SMARTS) is 1. The Hall–Kier alpha value is -0.610. The average Bonchev–Trinajstić information content (AvgIpc) is 2.83. The van der Waals surface area contributed by atoms with Gasteiger partial charge in [-0.15, -0.1) is 0 Å². The number of hydrogen-bond acceptors (Lipinski definition) is 3. The van der Waals surface area contributed by atoms with Crippen LogP contribution in [0.1, 0.15) is 26.7 Å². The van der Waals surface area contributed by atoms with Gasteiger partial charge in [-0.1, -0.05) is 0 Å². The van der Waals surface area contributed by atoms with Crippen LogP contribution in [0.4, 0.5) is 0 Å². The molecule has 0 saturated heterocycles. The minimum absolute atomic E-state index is 0.0522. The summed E-state index contributed by atoms with van der Waals surface area (Å²) in [5, 5.41) is 8.79. The van der Waals surface area contributed by atoms with Crippen molar-refractivity contribution < 1.29 is 14.6 Å². The number of aliphatic carboxylic acids is 1. The largest absolute Gasteiger partial charge is 0.480 e. The molecule has 4 heteroatoms. The van der Waals surface area contributed by atoms with E-state index in [2.05, 4.69) is 0 Å². The smallest absolute Gasteiger partial charge is 0.321 e. The molecule has 2 unspecified atom stereocenters. The normalized spacial score (nSPS) is 23.6. The van der Waals surface area contributed by atoms with Gasteiger partial charge in [0, 0.05) is 12.0 Å². The number of carboxylic acids is 1. The van der Waals surface area contributed by atoms with Crippen molar-refractivity contribution in [3.8, 4) is 0 Å². The van der Waals surface area contributed by atoms with E-state index in [1.807, 2.05) is 13.8 Å². The van der Waals surface area contributed by atoms with Gasteiger partial charge in [0.1, 0.15) is 6.04 Å². The maximum atomic E-state index is 10.7. The predicted octanol–water partition coefficient (Wildman–Crippen LogP) is 0.603. The van der Waals surface area contributed by atoms with Gasteiger partial charge in [0.2, 0.25) is 0 Å². The van der Waals surface area contributed by atoms with Crippen LogP contribution in [0.25, 0.3) is 0 Å². The van der Waals surface area contributed by atoms with Crippen molar-refractivity contribution in [3.63, 3.8) is 0 Å². The third-order valence-electron chi connectivity index (χ3n) is 2.94. The molecule has 1 saturated carbocycles. The Labute approximate surface area is 78.1 Å². The molecule has 0 aromatic heterocycles. The molecule has 0 amide bonds. The van der Waals surface area contributed by atoms with E-state index in [-0.39, 0.29) is 11.5 Å². The summed E-state index contributed by atoms with van der Waals surface area (Å²) in [6.07, 6.45) is 1.67. The molecule has 13 heavy (non-hydrogen) atoms. The molecular weight excluding hydrogens is 170 g/mol. The second-order valence-electron chi connectivity index (χ2n) is 3.65. The van der Waals surface area contributed by atoms with E-state index < -0.39 is 12.0 Å². The highest BCUT2D eigenvalue weighted by molar-refractivity contribution is 5.75. The van der Waals surface area contributed by atoms with Gasteiger partial charge < -0.3 is 15.6 Å². The van der Waals surface area contributed by atoms with E-state index >= 15 is 0 Å². The lowest BCUT2D eigenvalue weighted by atomic mass is 9.91. The van der Waals surface area contributed by atoms with E-state index in [4.69, 9.17) is 15.6 Å². The van der Waals surface area contributed by atoms with Gasteiger partial charge in [0.15, 0.2) is 0 Å². The summed E-state index contributed by atoms with van der Waals surface area (Å²) in [6, 6.07) is -0.783. The molecule has 0 aromatic rings. The first-order valence-electron chi connectivity index (χ1n) is 4.64. The lowest BCUT2D eigenvalue weighted by Gasteiger charge is -2.26. The SMILES string of the molecule is CCOC(C)C1(C(N)C(=O)O)CC1. The zero-order valence-electron chi connectivity index (χ0n) is 8.12. The van der Waals surface area contributed by atoms with Crippen molar-refractivity contribution >= 4 is 5.97 Å². The van der Waals surface area contributed by atoms with E-state index in [0.29, 0.717) is 6.61 Å². The number of hydrogen-bond donors (Lipinski definition) is 2. The fourth-order valence-electron chi connectivity index (χ4n) is 1.78. The summed E-state index contributed by atoms with van der Waals surface area (Å²) >= 11 is 0. The van der Waals surface area contributed by atoms with Crippen LogP contribution in [0, 0.1) is 5.41 Å². The second-order valence-corrected chi connectivity index (χ2v) is 3.65. The zero-order chi connectivity index (χ0) is 10.1. The lowest BCUT2D eigenvalue weighted by molar-refractivity contribution is -0.142. The first-order chi connectivity index (χ1) is 6.04. The number of rotatable bonds is 5. The van der Waals surface area contributed by atoms with E-state index in [1.54, 1.807) is 0 Å². The van der Waals surface area contributed by atoms with Crippen LogP contribution in [0.3, 0.4) is 0 Å². The van der Waals surface area contributed by atoms with Crippen molar-refractivity contribution in [1.82, 2.24) is 0 Å². The summed E-state index contributed by atoms with van der Waals surface area (Å²) in [5.74, 6) is -0.927. The zero-order valence-corrected chi connectivity index (χ0v) is 8.12. The number of ether oxygens (including phenoxy) is 1. The van der Waals surface area contributed by atoms with Crippen LogP contribution in [-0.2, 0) is 9.53 Å². The highest BCUT2D eigenvalue weighted by Crippen LogP contribution is 2.52. The van der Waals surface area contributed by atoms with E-state index in [0.717, 1.165) is 12.8 Å². The monoisotopic (exact) mass is 187 g/mol. The summed E-state index contributed by atoms with van der Waals surface area (Å²) in [4.78, 5) is 10.7. The highest BCUT2D eigenvalue weighted by atomic mass is 16.5. The maximum Gasteiger partial charge on any atom is 0.321 e. The summed E-state index contributed by atoms with van der Waals surface area (Å²) in [6.45, 7) is 4.41. The summed E-state index contributed by atoms with van der Waals surface area (Å²) in [5.41, 5.74) is 5.30. The predicted molar refractivity (Wildman–Crippen MR) is 48.4 cm³/mol. The van der Waals surface area contributed by atoms with Crippen molar-refractivity contribution in [2.75, 3.05) is 6.61 Å². The van der Waals surface area contributed by atoms with Crippen LogP contribution >= 0.6 is 0 Å². The molecule has 0 heterocycles. The fourth-order valence-corrected chi connectivity index (χ4v) is 1.78. The van der Waals surface area contributed by atoms with Crippen molar-refractivity contribution in [2.24, 2.45) is 11.1 Å². The molecule has 2 atom stereocenters. The molecule has 1 aliphatic carbocycles. The minimum atomic E-state index is -0.927. The van der Waals surface area contributed by atoms with Gasteiger partial charge in [-0.25, -0.2) is 0 Å². The standard InChI is InChI=1S/C9H17NO3/c1-3-13-6(2)9(4-5-9)7(10)8(11)12/h6-7H,3-5,10H2,1-2H3,(H,11,12). The van der Waals surface area contributed by atoms with Crippen molar-refractivity contribution in [1.29, 1.82) is 0 Å². The Kier molecular flexibility index (Phi) is 2.93. The molecule has 0 aromatic carbocycles. The third kappa shape index (κ3) is 1.84. The molecule has 4 nitrogen and oxygen atoms in total. The highest BCUT2D eigenvalue weighted by Gasteiger charge is 2.55. The Morgan fingerprint density at radius 1 is 1.69 bits per heavy atom. The molecule has 0 aliphatic heterocycles. The van der Waals surface area contributed by atoms with Gasteiger partial charge in [-0.3, -0.25) is 4.79 Å². The van der Waals surface area contributed by atoms with Crippen LogP contribution in [-0.4, -0.2) is 29.8 Å². The number of carbonyl (C=O) groups is 1. The second kappa shape index (κ2) is 3.64. The van der Waals surface area contributed by atoms with Crippen LogP contribution in [0.2, 0.25) is 0 Å².